The summed E-state index contributed by atoms with van der Waals surface area (Å²) in [4.78, 5) is 12.1. The maximum Gasteiger partial charge on any atom is 0.228 e. The summed E-state index contributed by atoms with van der Waals surface area (Å²) < 4.78 is 1.77. The molecule has 1 aromatic carbocycles. The highest BCUT2D eigenvalue weighted by molar-refractivity contribution is 6.35. The Balaban J connectivity index is 2.15. The van der Waals surface area contributed by atoms with Crippen LogP contribution in [0.2, 0.25) is 10.0 Å². The van der Waals surface area contributed by atoms with E-state index in [1.807, 2.05) is 20.9 Å². The Morgan fingerprint density at radius 3 is 2.65 bits per heavy atom. The number of nitrogens with one attached hydrogen (secondary N) is 1. The number of carbonyl (C=O) groups is 1. The van der Waals surface area contributed by atoms with Gasteiger partial charge in [0.1, 0.15) is 0 Å². The molecule has 0 spiro atoms. The van der Waals surface area contributed by atoms with Crippen LogP contribution in [-0.2, 0) is 18.3 Å². The summed E-state index contributed by atoms with van der Waals surface area (Å²) in [6, 6.07) is 4.96. The number of hydrogen-bond donors (Lipinski definition) is 1. The molecular weight excluding hydrogens is 297 g/mol. The summed E-state index contributed by atoms with van der Waals surface area (Å²) in [6.45, 7) is 3.83. The minimum atomic E-state index is -0.145. The molecule has 0 radical (unpaired) electrons. The van der Waals surface area contributed by atoms with E-state index in [-0.39, 0.29) is 12.3 Å². The van der Waals surface area contributed by atoms with Gasteiger partial charge in [-0.25, -0.2) is 0 Å². The molecule has 0 aliphatic heterocycles. The van der Waals surface area contributed by atoms with Gasteiger partial charge in [0.15, 0.2) is 0 Å². The molecule has 6 heteroatoms. The number of anilines is 1. The first-order chi connectivity index (χ1) is 9.38. The van der Waals surface area contributed by atoms with E-state index in [4.69, 9.17) is 23.2 Å². The summed E-state index contributed by atoms with van der Waals surface area (Å²) in [5.41, 5.74) is 3.29. The zero-order valence-corrected chi connectivity index (χ0v) is 13.0. The predicted octanol–water partition coefficient (Wildman–Crippen LogP) is 3.52. The molecule has 1 heterocycles. The fraction of sp³-hybridized carbons (Fsp3) is 0.286. The molecule has 0 saturated carbocycles. The smallest absolute Gasteiger partial charge is 0.228 e. The lowest BCUT2D eigenvalue weighted by molar-refractivity contribution is -0.115. The van der Waals surface area contributed by atoms with E-state index in [0.717, 1.165) is 17.0 Å². The number of hydrogen-bond acceptors (Lipinski definition) is 2. The molecule has 106 valence electrons. The monoisotopic (exact) mass is 311 g/mol. The summed E-state index contributed by atoms with van der Waals surface area (Å²) in [5, 5.41) is 8.05. The molecule has 20 heavy (non-hydrogen) atoms. The predicted molar refractivity (Wildman–Crippen MR) is 81.5 cm³/mol. The Morgan fingerprint density at radius 1 is 1.35 bits per heavy atom. The molecule has 0 aliphatic carbocycles. The van der Waals surface area contributed by atoms with Crippen molar-refractivity contribution in [2.24, 2.45) is 7.05 Å². The Morgan fingerprint density at radius 2 is 2.05 bits per heavy atom. The zero-order valence-electron chi connectivity index (χ0n) is 11.5. The van der Waals surface area contributed by atoms with E-state index in [1.165, 1.54) is 0 Å². The molecule has 0 bridgehead atoms. The van der Waals surface area contributed by atoms with Gasteiger partial charge in [-0.2, -0.15) is 5.10 Å². The highest BCUT2D eigenvalue weighted by Crippen LogP contribution is 2.25. The average molecular weight is 312 g/mol. The topological polar surface area (TPSA) is 46.9 Å². The van der Waals surface area contributed by atoms with Crippen molar-refractivity contribution in [1.82, 2.24) is 9.78 Å². The van der Waals surface area contributed by atoms with Gasteiger partial charge in [-0.3, -0.25) is 9.48 Å². The molecule has 0 fully saturated rings. The first-order valence-corrected chi connectivity index (χ1v) is 6.88. The second-order valence-electron chi connectivity index (χ2n) is 4.62. The first-order valence-electron chi connectivity index (χ1n) is 6.12. The SMILES string of the molecule is Cc1nn(C)c(C)c1CC(=O)Nc1cc(Cl)ccc1Cl. The van der Waals surface area contributed by atoms with Crippen molar-refractivity contribution in [2.75, 3.05) is 5.32 Å². The molecule has 0 unspecified atom stereocenters. The lowest BCUT2D eigenvalue weighted by atomic mass is 10.1. The van der Waals surface area contributed by atoms with Crippen LogP contribution in [-0.4, -0.2) is 15.7 Å². The normalized spacial score (nSPS) is 10.7. The molecule has 2 rings (SSSR count). The van der Waals surface area contributed by atoms with Crippen molar-refractivity contribution in [3.05, 3.63) is 45.2 Å². The highest BCUT2D eigenvalue weighted by atomic mass is 35.5. The second kappa shape index (κ2) is 5.85. The van der Waals surface area contributed by atoms with E-state index in [0.29, 0.717) is 15.7 Å². The van der Waals surface area contributed by atoms with Crippen molar-refractivity contribution in [3.8, 4) is 0 Å². The number of aromatic nitrogens is 2. The number of halogens is 2. The van der Waals surface area contributed by atoms with Crippen LogP contribution >= 0.6 is 23.2 Å². The molecule has 1 N–H and O–H groups in total. The largest absolute Gasteiger partial charge is 0.324 e. The first kappa shape index (κ1) is 14.9. The number of aryl methyl sites for hydroxylation is 2. The highest BCUT2D eigenvalue weighted by Gasteiger charge is 2.14. The van der Waals surface area contributed by atoms with E-state index >= 15 is 0 Å². The Kier molecular flexibility index (Phi) is 4.35. The van der Waals surface area contributed by atoms with Crippen LogP contribution in [0.3, 0.4) is 0 Å². The molecule has 1 aromatic heterocycles. The zero-order chi connectivity index (χ0) is 14.9. The van der Waals surface area contributed by atoms with E-state index in [2.05, 4.69) is 10.4 Å². The van der Waals surface area contributed by atoms with Crippen molar-refractivity contribution in [2.45, 2.75) is 20.3 Å². The van der Waals surface area contributed by atoms with Gasteiger partial charge in [-0.05, 0) is 32.0 Å². The lowest BCUT2D eigenvalue weighted by Gasteiger charge is -2.08. The van der Waals surface area contributed by atoms with E-state index < -0.39 is 0 Å². The molecule has 2 aromatic rings. The van der Waals surface area contributed by atoms with Crippen molar-refractivity contribution < 1.29 is 4.79 Å². The van der Waals surface area contributed by atoms with Crippen molar-refractivity contribution >= 4 is 34.8 Å². The summed E-state index contributed by atoms with van der Waals surface area (Å²) in [5.74, 6) is -0.145. The van der Waals surface area contributed by atoms with Crippen LogP contribution in [0.15, 0.2) is 18.2 Å². The fourth-order valence-corrected chi connectivity index (χ4v) is 2.36. The third-order valence-corrected chi connectivity index (χ3v) is 3.76. The summed E-state index contributed by atoms with van der Waals surface area (Å²) >= 11 is 11.9. The molecular formula is C14H15Cl2N3O. The van der Waals surface area contributed by atoms with Crippen LogP contribution in [0.1, 0.15) is 17.0 Å². The molecule has 1 amide bonds. The summed E-state index contributed by atoms with van der Waals surface area (Å²) in [7, 11) is 1.86. The third kappa shape index (κ3) is 3.14. The standard InChI is InChI=1S/C14H15Cl2N3O/c1-8-11(9(2)19(3)18-8)7-14(20)17-13-6-10(15)4-5-12(13)16/h4-6H,7H2,1-3H3,(H,17,20). The Hall–Kier alpha value is -1.52. The quantitative estimate of drug-likeness (QED) is 0.942. The van der Waals surface area contributed by atoms with Crippen LogP contribution in [0, 0.1) is 13.8 Å². The van der Waals surface area contributed by atoms with E-state index in [9.17, 15) is 4.79 Å². The number of carbonyl (C=O) groups excluding carboxylic acids is 1. The van der Waals surface area contributed by atoms with Gasteiger partial charge in [0.25, 0.3) is 0 Å². The second-order valence-corrected chi connectivity index (χ2v) is 5.47. The summed E-state index contributed by atoms with van der Waals surface area (Å²) in [6.07, 6.45) is 0.258. The van der Waals surface area contributed by atoms with Crippen LogP contribution in [0.25, 0.3) is 0 Å². The number of benzene rings is 1. The minimum absolute atomic E-state index is 0.145. The Bertz CT molecular complexity index is 665. The minimum Gasteiger partial charge on any atom is -0.324 e. The lowest BCUT2D eigenvalue weighted by Crippen LogP contribution is -2.15. The maximum absolute atomic E-state index is 12.1. The van der Waals surface area contributed by atoms with Crippen LogP contribution < -0.4 is 5.32 Å². The van der Waals surface area contributed by atoms with Gasteiger partial charge in [0.05, 0.1) is 22.8 Å². The average Bonchev–Trinajstić information content (AvgIpc) is 2.61. The van der Waals surface area contributed by atoms with Crippen molar-refractivity contribution in [1.29, 1.82) is 0 Å². The third-order valence-electron chi connectivity index (χ3n) is 3.20. The van der Waals surface area contributed by atoms with Gasteiger partial charge < -0.3 is 5.32 Å². The van der Waals surface area contributed by atoms with E-state index in [1.54, 1.807) is 22.9 Å². The number of nitrogens with zero attached hydrogens (tertiary/aromatic N) is 2. The van der Waals surface area contributed by atoms with Gasteiger partial charge in [0.2, 0.25) is 5.91 Å². The van der Waals surface area contributed by atoms with Crippen LogP contribution in [0.5, 0.6) is 0 Å². The maximum atomic E-state index is 12.1. The number of rotatable bonds is 3. The van der Waals surface area contributed by atoms with Gasteiger partial charge in [-0.15, -0.1) is 0 Å². The van der Waals surface area contributed by atoms with Gasteiger partial charge in [0, 0.05) is 23.3 Å². The number of amides is 1. The fourth-order valence-electron chi connectivity index (χ4n) is 2.02. The van der Waals surface area contributed by atoms with Crippen molar-refractivity contribution in [3.63, 3.8) is 0 Å². The van der Waals surface area contributed by atoms with Gasteiger partial charge in [-0.1, -0.05) is 23.2 Å². The molecule has 0 aliphatic rings. The molecule has 0 atom stereocenters. The Labute approximate surface area is 127 Å². The van der Waals surface area contributed by atoms with Gasteiger partial charge >= 0.3 is 0 Å². The molecule has 4 nitrogen and oxygen atoms in total. The molecule has 0 saturated heterocycles. The van der Waals surface area contributed by atoms with Crippen LogP contribution in [0.4, 0.5) is 5.69 Å².